The second kappa shape index (κ2) is 9.73. The Kier molecular flexibility index (Phi) is 6.50. The number of ketones is 2. The van der Waals surface area contributed by atoms with Gasteiger partial charge in [0.05, 0.1) is 7.11 Å². The minimum absolute atomic E-state index is 0.165. The van der Waals surface area contributed by atoms with E-state index in [1.165, 1.54) is 5.56 Å². The van der Waals surface area contributed by atoms with Crippen molar-refractivity contribution in [1.82, 2.24) is 4.90 Å². The van der Waals surface area contributed by atoms with Gasteiger partial charge in [0.1, 0.15) is 6.61 Å². The van der Waals surface area contributed by atoms with Crippen molar-refractivity contribution in [1.29, 1.82) is 0 Å². The van der Waals surface area contributed by atoms with Gasteiger partial charge in [-0.3, -0.25) is 9.59 Å². The fourth-order valence-electron chi connectivity index (χ4n) is 5.88. The van der Waals surface area contributed by atoms with Crippen molar-refractivity contribution >= 4 is 11.6 Å². The van der Waals surface area contributed by atoms with E-state index in [0.717, 1.165) is 65.9 Å². The first-order valence-electron chi connectivity index (χ1n) is 12.7. The molecule has 0 unspecified atom stereocenters. The Bertz CT molecular complexity index is 1190. The Morgan fingerprint density at radius 1 is 0.886 bits per heavy atom. The average molecular weight is 472 g/mol. The molecule has 0 atom stereocenters. The maximum Gasteiger partial charge on any atom is 0.161 e. The Balaban J connectivity index is 1.55. The molecule has 5 heteroatoms. The first kappa shape index (κ1) is 23.4. The number of allylic oxidation sites excluding steroid dienone is 4. The number of benzene rings is 2. The predicted molar refractivity (Wildman–Crippen MR) is 135 cm³/mol. The van der Waals surface area contributed by atoms with Crippen LogP contribution < -0.4 is 9.47 Å². The molecule has 2 aromatic rings. The van der Waals surface area contributed by atoms with Gasteiger partial charge in [0.25, 0.3) is 0 Å². The minimum atomic E-state index is -0.330. The number of nitrogens with zero attached hydrogens (tertiary/aromatic N) is 1. The molecule has 5 rings (SSSR count). The number of carbonyl (C=O) groups excluding carboxylic acids is 2. The summed E-state index contributed by atoms with van der Waals surface area (Å²) in [7, 11) is 1.63. The summed E-state index contributed by atoms with van der Waals surface area (Å²) in [4.78, 5) is 28.8. The predicted octanol–water partition coefficient (Wildman–Crippen LogP) is 6.02. The normalized spacial score (nSPS) is 18.5. The van der Waals surface area contributed by atoms with Crippen LogP contribution in [0, 0.1) is 6.92 Å². The first-order chi connectivity index (χ1) is 17.0. The second-order valence-electron chi connectivity index (χ2n) is 9.64. The number of hydrogen-bond donors (Lipinski definition) is 0. The van der Waals surface area contributed by atoms with Gasteiger partial charge in [-0.2, -0.15) is 0 Å². The van der Waals surface area contributed by atoms with E-state index < -0.39 is 0 Å². The molecule has 182 valence electrons. The molecule has 0 bridgehead atoms. The molecule has 2 aromatic carbocycles. The average Bonchev–Trinajstić information content (AvgIpc) is 2.86. The van der Waals surface area contributed by atoms with Crippen LogP contribution in [0.3, 0.4) is 0 Å². The van der Waals surface area contributed by atoms with Crippen LogP contribution >= 0.6 is 0 Å². The SMILES string of the molecule is CCN1C2=C(C(=O)CCC2)C(c2ccc(OCc3cccc(C)c3)c(OC)c2)C2=C1CCCC2=O. The van der Waals surface area contributed by atoms with Gasteiger partial charge in [0.15, 0.2) is 23.1 Å². The second-order valence-corrected chi connectivity index (χ2v) is 9.64. The third-order valence-corrected chi connectivity index (χ3v) is 7.40. The maximum absolute atomic E-state index is 13.3. The van der Waals surface area contributed by atoms with Crippen molar-refractivity contribution in [3.05, 3.63) is 81.7 Å². The van der Waals surface area contributed by atoms with E-state index in [1.54, 1.807) is 7.11 Å². The number of hydrogen-bond acceptors (Lipinski definition) is 5. The zero-order chi connectivity index (χ0) is 24.5. The number of ether oxygens (including phenoxy) is 2. The maximum atomic E-state index is 13.3. The largest absolute Gasteiger partial charge is 0.493 e. The van der Waals surface area contributed by atoms with Crippen LogP contribution in [0.5, 0.6) is 11.5 Å². The van der Waals surface area contributed by atoms with E-state index in [1.807, 2.05) is 30.3 Å². The zero-order valence-corrected chi connectivity index (χ0v) is 20.9. The summed E-state index contributed by atoms with van der Waals surface area (Å²) in [5, 5.41) is 0. The number of Topliss-reactive ketones (excluding diaryl/α,β-unsaturated/α-hetero) is 2. The minimum Gasteiger partial charge on any atom is -0.493 e. The fraction of sp³-hybridized carbons (Fsp3) is 0.400. The molecule has 3 aliphatic rings. The summed E-state index contributed by atoms with van der Waals surface area (Å²) in [5.41, 5.74) is 7.04. The lowest BCUT2D eigenvalue weighted by Gasteiger charge is -2.43. The Morgan fingerprint density at radius 2 is 1.57 bits per heavy atom. The molecule has 0 N–H and O–H groups in total. The molecule has 35 heavy (non-hydrogen) atoms. The third-order valence-electron chi connectivity index (χ3n) is 7.40. The molecule has 0 radical (unpaired) electrons. The lowest BCUT2D eigenvalue weighted by atomic mass is 9.71. The van der Waals surface area contributed by atoms with E-state index >= 15 is 0 Å². The first-order valence-corrected chi connectivity index (χ1v) is 12.7. The van der Waals surface area contributed by atoms with Gasteiger partial charge in [-0.15, -0.1) is 0 Å². The summed E-state index contributed by atoms with van der Waals surface area (Å²) in [5.74, 6) is 1.26. The van der Waals surface area contributed by atoms with Crippen molar-refractivity contribution in [2.75, 3.05) is 13.7 Å². The monoisotopic (exact) mass is 471 g/mol. The van der Waals surface area contributed by atoms with Crippen LogP contribution in [-0.4, -0.2) is 30.1 Å². The van der Waals surface area contributed by atoms with Crippen LogP contribution in [0.25, 0.3) is 0 Å². The van der Waals surface area contributed by atoms with Gasteiger partial charge in [0.2, 0.25) is 0 Å². The molecule has 0 fully saturated rings. The molecule has 0 aromatic heterocycles. The Hall–Kier alpha value is -3.34. The van der Waals surface area contributed by atoms with Gasteiger partial charge in [0, 0.05) is 47.8 Å². The van der Waals surface area contributed by atoms with E-state index in [4.69, 9.17) is 9.47 Å². The zero-order valence-electron chi connectivity index (χ0n) is 20.9. The van der Waals surface area contributed by atoms with Gasteiger partial charge >= 0.3 is 0 Å². The van der Waals surface area contributed by atoms with E-state index in [2.05, 4.69) is 30.9 Å². The van der Waals surface area contributed by atoms with Gasteiger partial charge in [-0.05, 0) is 62.8 Å². The van der Waals surface area contributed by atoms with E-state index in [9.17, 15) is 9.59 Å². The highest BCUT2D eigenvalue weighted by molar-refractivity contribution is 6.06. The summed E-state index contributed by atoms with van der Waals surface area (Å²) in [6.45, 7) is 5.39. The van der Waals surface area contributed by atoms with Crippen molar-refractivity contribution in [3.8, 4) is 11.5 Å². The van der Waals surface area contributed by atoms with Crippen molar-refractivity contribution in [3.63, 3.8) is 0 Å². The molecule has 1 aliphatic heterocycles. The van der Waals surface area contributed by atoms with Crippen molar-refractivity contribution < 1.29 is 19.1 Å². The number of aryl methyl sites for hydroxylation is 1. The Labute approximate surface area is 207 Å². The van der Waals surface area contributed by atoms with Crippen LogP contribution in [0.1, 0.15) is 68.1 Å². The lowest BCUT2D eigenvalue weighted by Crippen LogP contribution is -2.39. The van der Waals surface area contributed by atoms with Gasteiger partial charge in [-0.1, -0.05) is 35.9 Å². The molecule has 0 spiro atoms. The van der Waals surface area contributed by atoms with Gasteiger partial charge < -0.3 is 14.4 Å². The summed E-state index contributed by atoms with van der Waals surface area (Å²) in [6, 6.07) is 14.1. The topological polar surface area (TPSA) is 55.8 Å². The van der Waals surface area contributed by atoms with Crippen LogP contribution in [0.4, 0.5) is 0 Å². The number of rotatable bonds is 6. The molecule has 2 aliphatic carbocycles. The number of carbonyl (C=O) groups is 2. The molecule has 1 heterocycles. The molecule has 0 amide bonds. The molecular formula is C30H33NO4. The van der Waals surface area contributed by atoms with Crippen molar-refractivity contribution in [2.24, 2.45) is 0 Å². The molecule has 0 saturated carbocycles. The lowest BCUT2D eigenvalue weighted by molar-refractivity contribution is -0.117. The van der Waals surface area contributed by atoms with Crippen molar-refractivity contribution in [2.45, 2.75) is 64.9 Å². The van der Waals surface area contributed by atoms with Crippen LogP contribution in [0.2, 0.25) is 0 Å². The van der Waals surface area contributed by atoms with Crippen LogP contribution in [-0.2, 0) is 16.2 Å². The van der Waals surface area contributed by atoms with E-state index in [0.29, 0.717) is 30.9 Å². The quantitative estimate of drug-likeness (QED) is 0.516. The molecular weight excluding hydrogens is 438 g/mol. The van der Waals surface area contributed by atoms with Gasteiger partial charge in [-0.25, -0.2) is 0 Å². The highest BCUT2D eigenvalue weighted by Gasteiger charge is 2.43. The molecule has 5 nitrogen and oxygen atoms in total. The summed E-state index contributed by atoms with van der Waals surface area (Å²) < 4.78 is 11.8. The third kappa shape index (κ3) is 4.29. The smallest absolute Gasteiger partial charge is 0.161 e. The summed E-state index contributed by atoms with van der Waals surface area (Å²) in [6.07, 6.45) is 4.58. The standard InChI is InChI=1S/C30H33NO4/c1-4-31-22-10-6-12-24(32)29(22)28(30-23(31)11-7-13-25(30)33)21-14-15-26(27(17-21)34-3)35-18-20-9-5-8-19(2)16-20/h5,8-9,14-17,28H,4,6-7,10-13,18H2,1-3H3. The van der Waals surface area contributed by atoms with E-state index in [-0.39, 0.29) is 17.5 Å². The highest BCUT2D eigenvalue weighted by atomic mass is 16.5. The highest BCUT2D eigenvalue weighted by Crippen LogP contribution is 2.49. The molecule has 0 saturated heterocycles. The fourth-order valence-corrected chi connectivity index (χ4v) is 5.88. The summed E-state index contributed by atoms with van der Waals surface area (Å²) >= 11 is 0. The van der Waals surface area contributed by atoms with Crippen LogP contribution in [0.15, 0.2) is 65.0 Å². The number of methoxy groups -OCH3 is 1. The Morgan fingerprint density at radius 3 is 2.17 bits per heavy atom.